The van der Waals surface area contributed by atoms with Gasteiger partial charge in [0.2, 0.25) is 5.91 Å². The molecule has 3 nitrogen and oxygen atoms in total. The van der Waals surface area contributed by atoms with Crippen molar-refractivity contribution in [2.75, 3.05) is 18.5 Å². The fraction of sp³-hybridized carbons (Fsp3) is 0.533. The van der Waals surface area contributed by atoms with Crippen molar-refractivity contribution < 1.29 is 4.79 Å². The molecule has 0 aromatic heterocycles. The molecule has 0 saturated carbocycles. The zero-order valence-electron chi connectivity index (χ0n) is 11.5. The van der Waals surface area contributed by atoms with E-state index in [1.165, 1.54) is 18.4 Å². The van der Waals surface area contributed by atoms with Gasteiger partial charge in [-0.25, -0.2) is 0 Å². The van der Waals surface area contributed by atoms with Gasteiger partial charge in [-0.05, 0) is 26.5 Å². The molecule has 0 saturated heterocycles. The van der Waals surface area contributed by atoms with Gasteiger partial charge in [0.1, 0.15) is 6.04 Å². The fourth-order valence-corrected chi connectivity index (χ4v) is 2.59. The van der Waals surface area contributed by atoms with Crippen LogP contribution in [-0.4, -0.2) is 19.5 Å². The van der Waals surface area contributed by atoms with Gasteiger partial charge in [0.05, 0.1) is 0 Å². The van der Waals surface area contributed by atoms with Gasteiger partial charge in [-0.15, -0.1) is 0 Å². The minimum atomic E-state index is -0.165. The fourth-order valence-electron chi connectivity index (χ4n) is 2.59. The molecule has 1 amide bonds. The van der Waals surface area contributed by atoms with Crippen molar-refractivity contribution in [1.29, 1.82) is 0 Å². The molecular formula is C15H22N2O. The summed E-state index contributed by atoms with van der Waals surface area (Å²) < 4.78 is 0. The Morgan fingerprint density at radius 2 is 2.11 bits per heavy atom. The molecule has 1 heterocycles. The van der Waals surface area contributed by atoms with Gasteiger partial charge in [0.25, 0.3) is 0 Å². The maximum Gasteiger partial charge on any atom is 0.248 e. The molecule has 1 aromatic rings. The van der Waals surface area contributed by atoms with Crippen LogP contribution in [0.25, 0.3) is 0 Å². The van der Waals surface area contributed by atoms with E-state index in [9.17, 15) is 4.79 Å². The van der Waals surface area contributed by atoms with Crippen LogP contribution >= 0.6 is 0 Å². The van der Waals surface area contributed by atoms with Gasteiger partial charge in [0, 0.05) is 17.8 Å². The summed E-state index contributed by atoms with van der Waals surface area (Å²) >= 11 is 0. The number of unbranched alkanes of at least 4 members (excludes halogenated alkanes) is 2. The Bertz CT molecular complexity index is 442. The number of hydrogen-bond acceptors (Lipinski definition) is 2. The third kappa shape index (κ3) is 2.27. The number of carbonyl (C=O) groups is 1. The molecular weight excluding hydrogens is 224 g/mol. The number of aryl methyl sites for hydroxylation is 1. The largest absolute Gasteiger partial charge is 0.310 e. The molecule has 1 aliphatic rings. The SMILES string of the molecule is CCCCCN1C(=O)C(NC)c2cc(C)ccc21. The van der Waals surface area contributed by atoms with Gasteiger partial charge in [-0.1, -0.05) is 37.5 Å². The van der Waals surface area contributed by atoms with E-state index in [1.807, 2.05) is 11.9 Å². The average molecular weight is 246 g/mol. The van der Waals surface area contributed by atoms with E-state index in [4.69, 9.17) is 0 Å². The summed E-state index contributed by atoms with van der Waals surface area (Å²) in [6, 6.07) is 6.11. The van der Waals surface area contributed by atoms with E-state index in [0.29, 0.717) is 0 Å². The smallest absolute Gasteiger partial charge is 0.248 e. The van der Waals surface area contributed by atoms with Crippen LogP contribution < -0.4 is 10.2 Å². The van der Waals surface area contributed by atoms with Crippen LogP contribution in [0.1, 0.15) is 43.4 Å². The Labute approximate surface area is 109 Å². The summed E-state index contributed by atoms with van der Waals surface area (Å²) in [5.41, 5.74) is 3.41. The quantitative estimate of drug-likeness (QED) is 0.810. The van der Waals surface area contributed by atoms with Crippen molar-refractivity contribution in [3.8, 4) is 0 Å². The lowest BCUT2D eigenvalue weighted by atomic mass is 10.1. The summed E-state index contributed by atoms with van der Waals surface area (Å²) in [6.07, 6.45) is 3.43. The molecule has 18 heavy (non-hydrogen) atoms. The molecule has 1 aromatic carbocycles. The number of likely N-dealkylation sites (N-methyl/N-ethyl adjacent to an activating group) is 1. The highest BCUT2D eigenvalue weighted by molar-refractivity contribution is 6.04. The molecule has 0 fully saturated rings. The first-order valence-electron chi connectivity index (χ1n) is 6.78. The lowest BCUT2D eigenvalue weighted by Gasteiger charge is -2.17. The Hall–Kier alpha value is -1.35. The summed E-state index contributed by atoms with van der Waals surface area (Å²) in [6.45, 7) is 5.08. The predicted octanol–water partition coefficient (Wildman–Crippen LogP) is 2.79. The van der Waals surface area contributed by atoms with Gasteiger partial charge < -0.3 is 10.2 Å². The molecule has 98 valence electrons. The van der Waals surface area contributed by atoms with Crippen molar-refractivity contribution >= 4 is 11.6 Å². The molecule has 0 spiro atoms. The molecule has 0 aliphatic carbocycles. The maximum atomic E-state index is 12.4. The number of fused-ring (bicyclic) bond motifs is 1. The molecule has 1 atom stereocenters. The minimum absolute atomic E-state index is 0.165. The molecule has 1 unspecified atom stereocenters. The standard InChI is InChI=1S/C15H22N2O/c1-4-5-6-9-17-13-8-7-11(2)10-12(13)14(16-3)15(17)18/h7-8,10,14,16H,4-6,9H2,1-3H3. The highest BCUT2D eigenvalue weighted by Gasteiger charge is 2.35. The van der Waals surface area contributed by atoms with Crippen molar-refractivity contribution in [2.24, 2.45) is 0 Å². The Morgan fingerprint density at radius 1 is 1.33 bits per heavy atom. The van der Waals surface area contributed by atoms with Crippen molar-refractivity contribution in [1.82, 2.24) is 5.32 Å². The monoisotopic (exact) mass is 246 g/mol. The Morgan fingerprint density at radius 3 is 2.78 bits per heavy atom. The zero-order valence-corrected chi connectivity index (χ0v) is 11.5. The van der Waals surface area contributed by atoms with Gasteiger partial charge >= 0.3 is 0 Å². The first kappa shape index (κ1) is 13.1. The lowest BCUT2D eigenvalue weighted by Crippen LogP contribution is -2.33. The summed E-state index contributed by atoms with van der Waals surface area (Å²) in [5.74, 6) is 0.189. The van der Waals surface area contributed by atoms with Crippen molar-refractivity contribution in [2.45, 2.75) is 39.2 Å². The van der Waals surface area contributed by atoms with Crippen LogP contribution in [0.3, 0.4) is 0 Å². The third-order valence-electron chi connectivity index (χ3n) is 3.57. The van der Waals surface area contributed by atoms with E-state index in [2.05, 4.69) is 37.4 Å². The highest BCUT2D eigenvalue weighted by Crippen LogP contribution is 2.36. The minimum Gasteiger partial charge on any atom is -0.310 e. The topological polar surface area (TPSA) is 32.3 Å². The number of nitrogens with one attached hydrogen (secondary N) is 1. The molecule has 0 bridgehead atoms. The number of nitrogens with zero attached hydrogens (tertiary/aromatic N) is 1. The lowest BCUT2D eigenvalue weighted by molar-refractivity contribution is -0.119. The maximum absolute atomic E-state index is 12.4. The number of carbonyl (C=O) groups excluding carboxylic acids is 1. The molecule has 1 N–H and O–H groups in total. The van der Waals surface area contributed by atoms with Crippen LogP contribution in [0, 0.1) is 6.92 Å². The van der Waals surface area contributed by atoms with Gasteiger partial charge in [-0.2, -0.15) is 0 Å². The van der Waals surface area contributed by atoms with Crippen LogP contribution in [0.4, 0.5) is 5.69 Å². The Kier molecular flexibility index (Phi) is 4.02. The van der Waals surface area contributed by atoms with E-state index in [-0.39, 0.29) is 11.9 Å². The second kappa shape index (κ2) is 5.53. The predicted molar refractivity (Wildman–Crippen MR) is 74.9 cm³/mol. The number of amides is 1. The molecule has 3 heteroatoms. The van der Waals surface area contributed by atoms with E-state index < -0.39 is 0 Å². The first-order valence-corrected chi connectivity index (χ1v) is 6.78. The third-order valence-corrected chi connectivity index (χ3v) is 3.57. The number of rotatable bonds is 5. The van der Waals surface area contributed by atoms with E-state index >= 15 is 0 Å². The molecule has 0 radical (unpaired) electrons. The number of benzene rings is 1. The number of anilines is 1. The van der Waals surface area contributed by atoms with Gasteiger partial charge in [-0.3, -0.25) is 4.79 Å². The average Bonchev–Trinajstić information content (AvgIpc) is 2.61. The normalized spacial score (nSPS) is 18.3. The summed E-state index contributed by atoms with van der Waals surface area (Å²) in [7, 11) is 1.85. The zero-order chi connectivity index (χ0) is 13.1. The van der Waals surface area contributed by atoms with Crippen LogP contribution in [0.2, 0.25) is 0 Å². The summed E-state index contributed by atoms with van der Waals surface area (Å²) in [5, 5.41) is 3.13. The second-order valence-electron chi connectivity index (χ2n) is 4.98. The number of hydrogen-bond donors (Lipinski definition) is 1. The van der Waals surface area contributed by atoms with Crippen molar-refractivity contribution in [3.63, 3.8) is 0 Å². The molecule has 1 aliphatic heterocycles. The van der Waals surface area contributed by atoms with Crippen LogP contribution in [0.5, 0.6) is 0 Å². The van der Waals surface area contributed by atoms with Gasteiger partial charge in [0.15, 0.2) is 0 Å². The van der Waals surface area contributed by atoms with Crippen LogP contribution in [-0.2, 0) is 4.79 Å². The summed E-state index contributed by atoms with van der Waals surface area (Å²) in [4.78, 5) is 14.3. The molecule has 2 rings (SSSR count). The van der Waals surface area contributed by atoms with E-state index in [0.717, 1.165) is 24.2 Å². The second-order valence-corrected chi connectivity index (χ2v) is 4.98. The first-order chi connectivity index (χ1) is 8.69. The highest BCUT2D eigenvalue weighted by atomic mass is 16.2. The Balaban J connectivity index is 2.25. The van der Waals surface area contributed by atoms with Crippen molar-refractivity contribution in [3.05, 3.63) is 29.3 Å². The van der Waals surface area contributed by atoms with E-state index in [1.54, 1.807) is 0 Å². The van der Waals surface area contributed by atoms with Crippen LogP contribution in [0.15, 0.2) is 18.2 Å².